The molecule has 0 bridgehead atoms. The van der Waals surface area contributed by atoms with Crippen LogP contribution in [0.1, 0.15) is 31.7 Å². The fourth-order valence-corrected chi connectivity index (χ4v) is 2.58. The van der Waals surface area contributed by atoms with Gasteiger partial charge in [-0.1, -0.05) is 25.6 Å². The molecule has 1 rings (SSSR count). The molecule has 1 atom stereocenters. The minimum atomic E-state index is -1.01. The van der Waals surface area contributed by atoms with Crippen LogP contribution >= 0.6 is 11.8 Å². The number of aryl methyl sites for hydroxylation is 2. The Balaban J connectivity index is 2.54. The van der Waals surface area contributed by atoms with Crippen molar-refractivity contribution in [2.45, 2.75) is 45.3 Å². The van der Waals surface area contributed by atoms with Crippen molar-refractivity contribution < 1.29 is 14.7 Å². The first kappa shape index (κ1) is 17.4. The molecule has 1 amide bonds. The van der Waals surface area contributed by atoms with Crippen LogP contribution in [0.3, 0.4) is 0 Å². The molecule has 0 fully saturated rings. The van der Waals surface area contributed by atoms with Gasteiger partial charge in [0.2, 0.25) is 5.91 Å². The molecular formula is C14H21N3O3S. The summed E-state index contributed by atoms with van der Waals surface area (Å²) in [6, 6.07) is 1.01. The maximum absolute atomic E-state index is 11.8. The number of nitrogens with zero attached hydrogens (tertiary/aromatic N) is 2. The fraction of sp³-hybridized carbons (Fsp3) is 0.571. The maximum atomic E-state index is 11.8. The van der Waals surface area contributed by atoms with Crippen molar-refractivity contribution in [3.8, 4) is 0 Å². The largest absolute Gasteiger partial charge is 0.480 e. The number of aliphatic carboxylic acids is 1. The number of carbonyl (C=O) groups is 2. The van der Waals surface area contributed by atoms with E-state index >= 15 is 0 Å². The van der Waals surface area contributed by atoms with Gasteiger partial charge in [-0.3, -0.25) is 4.79 Å². The van der Waals surface area contributed by atoms with Gasteiger partial charge in [0.15, 0.2) is 5.16 Å². The maximum Gasteiger partial charge on any atom is 0.326 e. The minimum Gasteiger partial charge on any atom is -0.480 e. The van der Waals surface area contributed by atoms with Crippen LogP contribution in [0.4, 0.5) is 0 Å². The summed E-state index contributed by atoms with van der Waals surface area (Å²) in [5.41, 5.74) is 1.68. The highest BCUT2D eigenvalue weighted by atomic mass is 32.2. The van der Waals surface area contributed by atoms with Crippen LogP contribution < -0.4 is 5.32 Å². The molecule has 0 aliphatic carbocycles. The van der Waals surface area contributed by atoms with Gasteiger partial charge in [-0.25, -0.2) is 14.8 Å². The van der Waals surface area contributed by atoms with Crippen molar-refractivity contribution in [2.24, 2.45) is 5.92 Å². The summed E-state index contributed by atoms with van der Waals surface area (Å²) >= 11 is 1.20. The van der Waals surface area contributed by atoms with E-state index in [1.807, 2.05) is 33.8 Å². The molecule has 0 aliphatic rings. The van der Waals surface area contributed by atoms with E-state index in [0.717, 1.165) is 11.4 Å². The van der Waals surface area contributed by atoms with Gasteiger partial charge in [-0.15, -0.1) is 0 Å². The number of carbonyl (C=O) groups excluding carboxylic acids is 1. The zero-order chi connectivity index (χ0) is 16.0. The SMILES string of the molecule is Cc1cc(C)nc(SCC(=O)NC(CC(C)C)C(=O)O)n1. The number of nitrogens with one attached hydrogen (secondary N) is 1. The molecule has 0 aromatic carbocycles. The third kappa shape index (κ3) is 6.57. The molecule has 1 aromatic rings. The first-order chi connectivity index (χ1) is 9.77. The second-order valence-electron chi connectivity index (χ2n) is 5.31. The lowest BCUT2D eigenvalue weighted by atomic mass is 10.0. The number of hydrogen-bond acceptors (Lipinski definition) is 5. The van der Waals surface area contributed by atoms with Crippen molar-refractivity contribution >= 4 is 23.6 Å². The number of hydrogen-bond donors (Lipinski definition) is 2. The molecule has 0 saturated carbocycles. The van der Waals surface area contributed by atoms with E-state index in [1.54, 1.807) is 0 Å². The van der Waals surface area contributed by atoms with Crippen molar-refractivity contribution in [1.29, 1.82) is 0 Å². The van der Waals surface area contributed by atoms with Crippen molar-refractivity contribution in [2.75, 3.05) is 5.75 Å². The third-order valence-corrected chi connectivity index (χ3v) is 3.48. The highest BCUT2D eigenvalue weighted by Crippen LogP contribution is 2.14. The van der Waals surface area contributed by atoms with Gasteiger partial charge in [-0.2, -0.15) is 0 Å². The Labute approximate surface area is 128 Å². The molecule has 1 unspecified atom stereocenters. The lowest BCUT2D eigenvalue weighted by Gasteiger charge is -2.16. The van der Waals surface area contributed by atoms with Crippen molar-refractivity contribution in [3.05, 3.63) is 17.5 Å². The quantitative estimate of drug-likeness (QED) is 0.589. The van der Waals surface area contributed by atoms with Crippen LogP contribution in [0.5, 0.6) is 0 Å². The molecule has 1 heterocycles. The van der Waals surface area contributed by atoms with Gasteiger partial charge >= 0.3 is 5.97 Å². The minimum absolute atomic E-state index is 0.102. The van der Waals surface area contributed by atoms with Crippen LogP contribution in [-0.4, -0.2) is 38.7 Å². The van der Waals surface area contributed by atoms with Crippen molar-refractivity contribution in [1.82, 2.24) is 15.3 Å². The Morgan fingerprint density at radius 1 is 1.29 bits per heavy atom. The number of rotatable bonds is 7. The summed E-state index contributed by atoms with van der Waals surface area (Å²) < 4.78 is 0. The molecule has 0 spiro atoms. The van der Waals surface area contributed by atoms with E-state index in [2.05, 4.69) is 15.3 Å². The summed E-state index contributed by atoms with van der Waals surface area (Å²) in [6.45, 7) is 7.56. The normalized spacial score (nSPS) is 12.2. The molecule has 2 N–H and O–H groups in total. The number of aromatic nitrogens is 2. The van der Waals surface area contributed by atoms with Crippen molar-refractivity contribution in [3.63, 3.8) is 0 Å². The molecule has 21 heavy (non-hydrogen) atoms. The van der Waals surface area contributed by atoms with Gasteiger partial charge in [0.05, 0.1) is 5.75 Å². The molecule has 0 radical (unpaired) electrons. The topological polar surface area (TPSA) is 92.2 Å². The Morgan fingerprint density at radius 3 is 2.33 bits per heavy atom. The van der Waals surface area contributed by atoms with Gasteiger partial charge in [0.25, 0.3) is 0 Å². The summed E-state index contributed by atoms with van der Waals surface area (Å²) in [5.74, 6) is -1.03. The predicted molar refractivity (Wildman–Crippen MR) is 81.3 cm³/mol. The number of carboxylic acid groups (broad SMARTS) is 1. The Hall–Kier alpha value is -1.63. The molecule has 7 heteroatoms. The van der Waals surface area contributed by atoms with E-state index in [0.29, 0.717) is 11.6 Å². The smallest absolute Gasteiger partial charge is 0.326 e. The lowest BCUT2D eigenvalue weighted by Crippen LogP contribution is -2.42. The Kier molecular flexibility index (Phi) is 6.61. The molecule has 1 aromatic heterocycles. The molecule has 6 nitrogen and oxygen atoms in total. The standard InChI is InChI=1S/C14H21N3O3S/c1-8(2)5-11(13(19)20)17-12(18)7-21-14-15-9(3)6-10(4)16-14/h6,8,11H,5,7H2,1-4H3,(H,17,18)(H,19,20). The monoisotopic (exact) mass is 311 g/mol. The van der Waals surface area contributed by atoms with Crippen LogP contribution in [0.15, 0.2) is 11.2 Å². The number of amides is 1. The second-order valence-corrected chi connectivity index (χ2v) is 6.25. The fourth-order valence-electron chi connectivity index (χ4n) is 1.82. The van der Waals surface area contributed by atoms with Gasteiger partial charge in [0.1, 0.15) is 6.04 Å². The summed E-state index contributed by atoms with van der Waals surface area (Å²) in [4.78, 5) is 31.4. The lowest BCUT2D eigenvalue weighted by molar-refractivity contribution is -0.141. The number of thioether (sulfide) groups is 1. The van der Waals surface area contributed by atoms with E-state index in [4.69, 9.17) is 5.11 Å². The van der Waals surface area contributed by atoms with E-state index in [1.165, 1.54) is 11.8 Å². The average molecular weight is 311 g/mol. The van der Waals surface area contributed by atoms with Gasteiger partial charge in [-0.05, 0) is 32.3 Å². The average Bonchev–Trinajstić information content (AvgIpc) is 2.33. The van der Waals surface area contributed by atoms with Gasteiger partial charge in [0, 0.05) is 11.4 Å². The molecule has 0 saturated heterocycles. The molecule has 116 valence electrons. The Bertz CT molecular complexity index is 500. The zero-order valence-electron chi connectivity index (χ0n) is 12.7. The van der Waals surface area contributed by atoms with E-state index in [-0.39, 0.29) is 17.6 Å². The highest BCUT2D eigenvalue weighted by Gasteiger charge is 2.21. The second kappa shape index (κ2) is 7.97. The van der Waals surface area contributed by atoms with E-state index < -0.39 is 12.0 Å². The zero-order valence-corrected chi connectivity index (χ0v) is 13.5. The highest BCUT2D eigenvalue weighted by molar-refractivity contribution is 7.99. The third-order valence-electron chi connectivity index (χ3n) is 2.63. The van der Waals surface area contributed by atoms with Crippen LogP contribution in [0.25, 0.3) is 0 Å². The van der Waals surface area contributed by atoms with Crippen LogP contribution in [0.2, 0.25) is 0 Å². The Morgan fingerprint density at radius 2 is 1.86 bits per heavy atom. The van der Waals surface area contributed by atoms with Crippen LogP contribution in [0, 0.1) is 19.8 Å². The van der Waals surface area contributed by atoms with Gasteiger partial charge < -0.3 is 10.4 Å². The summed E-state index contributed by atoms with van der Waals surface area (Å²) in [6.07, 6.45) is 0.409. The van der Waals surface area contributed by atoms with E-state index in [9.17, 15) is 9.59 Å². The summed E-state index contributed by atoms with van der Waals surface area (Å²) in [5, 5.41) is 12.1. The van der Waals surface area contributed by atoms with Crippen LogP contribution in [-0.2, 0) is 9.59 Å². The predicted octanol–water partition coefficient (Wildman–Crippen LogP) is 1.80. The molecular weight excluding hydrogens is 290 g/mol. The molecule has 0 aliphatic heterocycles. The first-order valence-electron chi connectivity index (χ1n) is 6.75. The first-order valence-corrected chi connectivity index (χ1v) is 7.73. The number of carboxylic acids is 1. The summed E-state index contributed by atoms with van der Waals surface area (Å²) in [7, 11) is 0.